The summed E-state index contributed by atoms with van der Waals surface area (Å²) in [6.45, 7) is 12.2. The highest BCUT2D eigenvalue weighted by molar-refractivity contribution is 6.01. The summed E-state index contributed by atoms with van der Waals surface area (Å²) < 4.78 is 6.06. The monoisotopic (exact) mass is 465 g/mol. The van der Waals surface area contributed by atoms with Crippen molar-refractivity contribution < 1.29 is 9.53 Å². The van der Waals surface area contributed by atoms with E-state index in [1.54, 1.807) is 0 Å². The summed E-state index contributed by atoms with van der Waals surface area (Å²) in [4.78, 5) is 15.9. The first kappa shape index (κ1) is 26.6. The number of benzene rings is 3. The van der Waals surface area contributed by atoms with Gasteiger partial charge < -0.3 is 9.64 Å². The van der Waals surface area contributed by atoms with E-state index in [0.717, 1.165) is 47.6 Å². The van der Waals surface area contributed by atoms with E-state index in [-0.39, 0.29) is 30.0 Å². The molecule has 0 bridgehead atoms. The number of Topliss-reactive ketones (excluding diaryl/α,β-unsaturated/α-hetero) is 1. The van der Waals surface area contributed by atoms with Gasteiger partial charge in [-0.3, -0.25) is 4.79 Å². The van der Waals surface area contributed by atoms with Crippen LogP contribution in [0.5, 0.6) is 5.75 Å². The number of carbonyl (C=O) groups excluding carboxylic acids is 1. The number of carbonyl (C=O) groups is 1. The fourth-order valence-corrected chi connectivity index (χ4v) is 4.24. The molecular weight excluding hydrogens is 430 g/mol. The van der Waals surface area contributed by atoms with Crippen LogP contribution in [0.2, 0.25) is 0 Å². The highest BCUT2D eigenvalue weighted by Crippen LogP contribution is 2.37. The lowest BCUT2D eigenvalue weighted by atomic mass is 9.78. The van der Waals surface area contributed by atoms with E-state index in [9.17, 15) is 4.79 Å². The highest BCUT2D eigenvalue weighted by atomic mass is 35.5. The normalized spacial score (nSPS) is 12.6. The van der Waals surface area contributed by atoms with Crippen LogP contribution in [0, 0.1) is 6.92 Å². The van der Waals surface area contributed by atoms with E-state index in [4.69, 9.17) is 4.74 Å². The lowest BCUT2D eigenvalue weighted by Crippen LogP contribution is -2.28. The number of likely N-dealkylation sites (N-methyl/N-ethyl adjacent to an activating group) is 1. The topological polar surface area (TPSA) is 29.5 Å². The van der Waals surface area contributed by atoms with Crippen molar-refractivity contribution in [3.8, 4) is 5.75 Å². The Labute approximate surface area is 205 Å². The van der Waals surface area contributed by atoms with Crippen LogP contribution in [-0.4, -0.2) is 36.9 Å². The van der Waals surface area contributed by atoms with Gasteiger partial charge in [0.15, 0.2) is 5.78 Å². The summed E-state index contributed by atoms with van der Waals surface area (Å²) in [6.07, 6.45) is 0. The summed E-state index contributed by atoms with van der Waals surface area (Å²) in [5.41, 5.74) is 4.05. The Morgan fingerprint density at radius 1 is 0.879 bits per heavy atom. The average molecular weight is 466 g/mol. The van der Waals surface area contributed by atoms with E-state index in [2.05, 4.69) is 62.9 Å². The number of halogens is 1. The number of aryl methyl sites for hydroxylation is 1. The van der Waals surface area contributed by atoms with Gasteiger partial charge in [-0.2, -0.15) is 0 Å². The van der Waals surface area contributed by atoms with Gasteiger partial charge in [0.25, 0.3) is 0 Å². The molecule has 0 aliphatic heterocycles. The maximum Gasteiger partial charge on any atom is 0.170 e. The SMILES string of the molecule is CCN(CC)CCOc1ccc(C(C)C(C(=O)c2ccccc2)c2ccccc2)cc1C.Cl. The fourth-order valence-electron chi connectivity index (χ4n) is 4.24. The van der Waals surface area contributed by atoms with E-state index >= 15 is 0 Å². The number of ether oxygens (including phenoxy) is 1. The van der Waals surface area contributed by atoms with Crippen molar-refractivity contribution >= 4 is 18.2 Å². The largest absolute Gasteiger partial charge is 0.492 e. The minimum Gasteiger partial charge on any atom is -0.492 e. The molecule has 2 unspecified atom stereocenters. The van der Waals surface area contributed by atoms with Crippen LogP contribution < -0.4 is 4.74 Å². The third-order valence-corrected chi connectivity index (χ3v) is 6.28. The van der Waals surface area contributed by atoms with Crippen molar-refractivity contribution in [1.82, 2.24) is 4.90 Å². The molecule has 0 saturated heterocycles. The van der Waals surface area contributed by atoms with Crippen molar-refractivity contribution in [2.75, 3.05) is 26.2 Å². The van der Waals surface area contributed by atoms with Crippen molar-refractivity contribution in [3.63, 3.8) is 0 Å². The molecule has 176 valence electrons. The molecule has 0 N–H and O–H groups in total. The van der Waals surface area contributed by atoms with Gasteiger partial charge in [-0.05, 0) is 48.7 Å². The standard InChI is InChI=1S/C29H35NO2.ClH/c1-5-30(6-2)19-20-32-27-18-17-26(21-22(27)3)23(4)28(24-13-9-7-10-14-24)29(31)25-15-11-8-12-16-25;/h7-18,21,23,28H,5-6,19-20H2,1-4H3;1H. The van der Waals surface area contributed by atoms with Gasteiger partial charge in [-0.15, -0.1) is 12.4 Å². The smallest absolute Gasteiger partial charge is 0.170 e. The molecule has 0 aromatic heterocycles. The van der Waals surface area contributed by atoms with E-state index in [1.165, 1.54) is 0 Å². The highest BCUT2D eigenvalue weighted by Gasteiger charge is 2.29. The molecule has 3 rings (SSSR count). The Morgan fingerprint density at radius 2 is 1.48 bits per heavy atom. The molecule has 3 nitrogen and oxygen atoms in total. The summed E-state index contributed by atoms with van der Waals surface area (Å²) >= 11 is 0. The molecule has 0 radical (unpaired) electrons. The molecule has 0 heterocycles. The Morgan fingerprint density at radius 3 is 2.06 bits per heavy atom. The van der Waals surface area contributed by atoms with Gasteiger partial charge in [-0.1, -0.05) is 93.6 Å². The van der Waals surface area contributed by atoms with Crippen LogP contribution in [0.1, 0.15) is 59.7 Å². The van der Waals surface area contributed by atoms with Gasteiger partial charge in [0, 0.05) is 12.1 Å². The van der Waals surface area contributed by atoms with Gasteiger partial charge in [0.2, 0.25) is 0 Å². The van der Waals surface area contributed by atoms with E-state index < -0.39 is 0 Å². The third kappa shape index (κ3) is 6.93. The minimum absolute atomic E-state index is 0. The Kier molecular flexibility index (Phi) is 10.6. The molecule has 0 aliphatic rings. The van der Waals surface area contributed by atoms with E-state index in [0.29, 0.717) is 6.61 Å². The van der Waals surface area contributed by atoms with Crippen molar-refractivity contribution in [2.45, 2.75) is 39.5 Å². The number of rotatable bonds is 11. The van der Waals surface area contributed by atoms with Crippen molar-refractivity contribution in [1.29, 1.82) is 0 Å². The first-order valence-corrected chi connectivity index (χ1v) is 11.6. The molecule has 0 saturated carbocycles. The molecule has 0 aliphatic carbocycles. The Hall–Kier alpha value is -2.62. The second-order valence-corrected chi connectivity index (χ2v) is 8.31. The lowest BCUT2D eigenvalue weighted by molar-refractivity contribution is 0.0949. The third-order valence-electron chi connectivity index (χ3n) is 6.28. The van der Waals surface area contributed by atoms with Crippen LogP contribution in [0.15, 0.2) is 78.9 Å². The number of ketones is 1. The second-order valence-electron chi connectivity index (χ2n) is 8.31. The molecule has 2 atom stereocenters. The minimum atomic E-state index is -0.243. The first-order valence-electron chi connectivity index (χ1n) is 11.6. The van der Waals surface area contributed by atoms with Crippen LogP contribution >= 0.6 is 12.4 Å². The lowest BCUT2D eigenvalue weighted by Gasteiger charge is -2.25. The van der Waals surface area contributed by atoms with Crippen LogP contribution in [0.25, 0.3) is 0 Å². The average Bonchev–Trinajstić information content (AvgIpc) is 2.84. The van der Waals surface area contributed by atoms with Gasteiger partial charge >= 0.3 is 0 Å². The predicted octanol–water partition coefficient (Wildman–Crippen LogP) is 6.91. The van der Waals surface area contributed by atoms with Crippen molar-refractivity contribution in [2.24, 2.45) is 0 Å². The molecule has 3 aromatic carbocycles. The molecule has 33 heavy (non-hydrogen) atoms. The number of hydrogen-bond donors (Lipinski definition) is 0. The summed E-state index contributed by atoms with van der Waals surface area (Å²) in [5.74, 6) is 0.862. The molecular formula is C29H36ClNO2. The van der Waals surface area contributed by atoms with Crippen LogP contribution in [-0.2, 0) is 0 Å². The summed E-state index contributed by atoms with van der Waals surface area (Å²) in [7, 11) is 0. The zero-order valence-electron chi connectivity index (χ0n) is 20.2. The summed E-state index contributed by atoms with van der Waals surface area (Å²) in [5, 5.41) is 0. The zero-order chi connectivity index (χ0) is 22.9. The van der Waals surface area contributed by atoms with Gasteiger partial charge in [0.1, 0.15) is 12.4 Å². The summed E-state index contributed by atoms with van der Waals surface area (Å²) in [6, 6.07) is 26.1. The van der Waals surface area contributed by atoms with Gasteiger partial charge in [0.05, 0.1) is 5.92 Å². The number of hydrogen-bond acceptors (Lipinski definition) is 3. The maximum atomic E-state index is 13.5. The molecule has 0 fully saturated rings. The van der Waals surface area contributed by atoms with Crippen LogP contribution in [0.3, 0.4) is 0 Å². The quantitative estimate of drug-likeness (QED) is 0.288. The van der Waals surface area contributed by atoms with Crippen LogP contribution in [0.4, 0.5) is 0 Å². The number of nitrogens with zero attached hydrogens (tertiary/aromatic N) is 1. The zero-order valence-corrected chi connectivity index (χ0v) is 21.0. The van der Waals surface area contributed by atoms with Gasteiger partial charge in [-0.25, -0.2) is 0 Å². The molecule has 0 amide bonds. The predicted molar refractivity (Wildman–Crippen MR) is 140 cm³/mol. The first-order chi connectivity index (χ1) is 15.5. The molecule has 0 spiro atoms. The fraction of sp³-hybridized carbons (Fsp3) is 0.345. The Bertz CT molecular complexity index is 987. The van der Waals surface area contributed by atoms with Crippen molar-refractivity contribution in [3.05, 3.63) is 101 Å². The second kappa shape index (κ2) is 13.2. The molecule has 4 heteroatoms. The van der Waals surface area contributed by atoms with E-state index in [1.807, 2.05) is 48.5 Å². The molecule has 3 aromatic rings. The maximum absolute atomic E-state index is 13.5. The Balaban J connectivity index is 0.00000385.